The molecule has 0 saturated carbocycles. The molecule has 17 heavy (non-hydrogen) atoms. The molecule has 1 rings (SSSR count). The molecule has 0 saturated heterocycles. The molecule has 0 heterocycles. The summed E-state index contributed by atoms with van der Waals surface area (Å²) >= 11 is 0. The second-order valence-electron chi connectivity index (χ2n) is 4.43. The highest BCUT2D eigenvalue weighted by atomic mass is 28.3. The van der Waals surface area contributed by atoms with E-state index in [2.05, 4.69) is 6.58 Å². The quantitative estimate of drug-likeness (QED) is 0.588. The molecule has 0 aromatic heterocycles. The van der Waals surface area contributed by atoms with Gasteiger partial charge in [-0.1, -0.05) is 36.9 Å². The van der Waals surface area contributed by atoms with Gasteiger partial charge in [-0.25, -0.2) is 0 Å². The zero-order chi connectivity index (χ0) is 13.1. The minimum atomic E-state index is -2.63. The van der Waals surface area contributed by atoms with Crippen molar-refractivity contribution in [1.29, 1.82) is 0 Å². The van der Waals surface area contributed by atoms with Gasteiger partial charge in [0.1, 0.15) is 10.8 Å². The van der Waals surface area contributed by atoms with Crippen LogP contribution in [0.5, 0.6) is 0 Å². The Morgan fingerprint density at radius 2 is 1.65 bits per heavy atom. The third-order valence-electron chi connectivity index (χ3n) is 3.32. The molecule has 0 radical (unpaired) electrons. The van der Waals surface area contributed by atoms with Crippen molar-refractivity contribution in [3.8, 4) is 0 Å². The maximum Gasteiger partial charge on any atom is 0.233 e. The zero-order valence-corrected chi connectivity index (χ0v) is 11.6. The molecule has 2 nitrogen and oxygen atoms in total. The van der Waals surface area contributed by atoms with Gasteiger partial charge in [0.05, 0.1) is 0 Å². The molecule has 0 amide bonds. The normalized spacial score (nSPS) is 11.0. The van der Waals surface area contributed by atoms with Crippen molar-refractivity contribution in [3.05, 3.63) is 42.5 Å². The lowest BCUT2D eigenvalue weighted by Gasteiger charge is -2.21. The summed E-state index contributed by atoms with van der Waals surface area (Å²) < 4.78 is 0. The van der Waals surface area contributed by atoms with Crippen molar-refractivity contribution in [3.63, 3.8) is 0 Å². The minimum absolute atomic E-state index is 0.0153. The molecule has 3 heteroatoms. The van der Waals surface area contributed by atoms with Crippen molar-refractivity contribution < 1.29 is 9.59 Å². The van der Waals surface area contributed by atoms with Crippen LogP contribution in [0, 0.1) is 0 Å². The highest BCUT2D eigenvalue weighted by Gasteiger charge is 2.40. The molecular weight excluding hydrogens is 228 g/mol. The Morgan fingerprint density at radius 1 is 1.18 bits per heavy atom. The van der Waals surface area contributed by atoms with Gasteiger partial charge in [0, 0.05) is 0 Å². The summed E-state index contributed by atoms with van der Waals surface area (Å²) in [6.07, 6.45) is 2.64. The molecule has 90 valence electrons. The van der Waals surface area contributed by atoms with Crippen LogP contribution in [0.3, 0.4) is 0 Å². The van der Waals surface area contributed by atoms with E-state index in [1.807, 2.05) is 36.9 Å². The molecule has 1 aromatic rings. The van der Waals surface area contributed by atoms with Gasteiger partial charge in [-0.2, -0.15) is 0 Å². The van der Waals surface area contributed by atoms with Crippen molar-refractivity contribution >= 4 is 24.1 Å². The number of allylic oxidation sites excluding steroid dienone is 1. The predicted molar refractivity (Wildman–Crippen MR) is 73.0 cm³/mol. The van der Waals surface area contributed by atoms with Gasteiger partial charge in [-0.3, -0.25) is 0 Å². The number of hydrogen-bond donors (Lipinski definition) is 0. The summed E-state index contributed by atoms with van der Waals surface area (Å²) in [6, 6.07) is 7.75. The summed E-state index contributed by atoms with van der Waals surface area (Å²) in [7, 11) is -2.63. The Hall–Kier alpha value is -1.48. The Labute approximate surface area is 103 Å². The number of rotatable bonds is 5. The Morgan fingerprint density at radius 3 is 2.00 bits per heavy atom. The van der Waals surface area contributed by atoms with E-state index in [1.165, 1.54) is 13.8 Å². The average molecular weight is 246 g/mol. The van der Waals surface area contributed by atoms with E-state index in [0.717, 1.165) is 17.2 Å². The first kappa shape index (κ1) is 13.6. The monoisotopic (exact) mass is 246 g/mol. The molecule has 0 aliphatic heterocycles. The SMILES string of the molecule is C=CCc1ccc([Si](C)(C(C)=O)C(C)=O)cc1. The third-order valence-corrected chi connectivity index (χ3v) is 7.62. The summed E-state index contributed by atoms with van der Waals surface area (Å²) in [4.78, 5) is 23.5. The average Bonchev–Trinajstić information content (AvgIpc) is 2.28. The van der Waals surface area contributed by atoms with Gasteiger partial charge in [-0.05, 0) is 31.0 Å². The lowest BCUT2D eigenvalue weighted by atomic mass is 10.2. The summed E-state index contributed by atoms with van der Waals surface area (Å²) in [5, 5.41) is 0.924. The van der Waals surface area contributed by atoms with Crippen LogP contribution in [-0.4, -0.2) is 18.9 Å². The highest BCUT2D eigenvalue weighted by molar-refractivity contribution is 7.31. The van der Waals surface area contributed by atoms with Gasteiger partial charge in [-0.15, -0.1) is 6.58 Å². The van der Waals surface area contributed by atoms with E-state index in [4.69, 9.17) is 0 Å². The van der Waals surface area contributed by atoms with Crippen molar-refractivity contribution in [2.24, 2.45) is 0 Å². The first-order valence-corrected chi connectivity index (χ1v) is 8.15. The molecule has 0 aliphatic carbocycles. The van der Waals surface area contributed by atoms with Gasteiger partial charge < -0.3 is 9.59 Å². The third kappa shape index (κ3) is 2.61. The Balaban J connectivity index is 3.17. The van der Waals surface area contributed by atoms with Gasteiger partial charge >= 0.3 is 0 Å². The largest absolute Gasteiger partial charge is 0.305 e. The second-order valence-corrected chi connectivity index (χ2v) is 8.66. The molecule has 0 aliphatic rings. The minimum Gasteiger partial charge on any atom is -0.305 e. The van der Waals surface area contributed by atoms with Crippen LogP contribution in [-0.2, 0) is 16.0 Å². The lowest BCUT2D eigenvalue weighted by Crippen LogP contribution is -2.57. The first-order chi connectivity index (χ1) is 7.92. The molecule has 0 unspecified atom stereocenters. The van der Waals surface area contributed by atoms with Crippen LogP contribution in [0.1, 0.15) is 19.4 Å². The maximum atomic E-state index is 11.7. The standard InChI is InChI=1S/C14H18O2Si/c1-5-6-13-7-9-14(10-8-13)17(4,11(2)15)12(3)16/h5,7-10H,1,6H2,2-4H3. The molecule has 1 aromatic carbocycles. The van der Waals surface area contributed by atoms with Crippen LogP contribution in [0.15, 0.2) is 36.9 Å². The van der Waals surface area contributed by atoms with E-state index >= 15 is 0 Å². The summed E-state index contributed by atoms with van der Waals surface area (Å²) in [5.74, 6) is 0. The fourth-order valence-corrected chi connectivity index (χ4v) is 3.94. The van der Waals surface area contributed by atoms with E-state index in [9.17, 15) is 9.59 Å². The van der Waals surface area contributed by atoms with E-state index in [-0.39, 0.29) is 10.8 Å². The van der Waals surface area contributed by atoms with Crippen molar-refractivity contribution in [1.82, 2.24) is 0 Å². The predicted octanol–water partition coefficient (Wildman–Crippen LogP) is 1.96. The molecule has 0 fully saturated rings. The number of benzene rings is 1. The van der Waals surface area contributed by atoms with Crippen LogP contribution in [0.2, 0.25) is 6.55 Å². The zero-order valence-electron chi connectivity index (χ0n) is 10.6. The second kappa shape index (κ2) is 5.23. The Bertz CT molecular complexity index is 432. The fourth-order valence-electron chi connectivity index (χ4n) is 1.80. The smallest absolute Gasteiger partial charge is 0.233 e. The molecular formula is C14H18O2Si. The maximum absolute atomic E-state index is 11.7. The van der Waals surface area contributed by atoms with Crippen LogP contribution < -0.4 is 5.19 Å². The van der Waals surface area contributed by atoms with Crippen LogP contribution in [0.25, 0.3) is 0 Å². The Kier molecular flexibility index (Phi) is 4.18. The van der Waals surface area contributed by atoms with Crippen LogP contribution in [0.4, 0.5) is 0 Å². The number of hydrogen-bond acceptors (Lipinski definition) is 2. The van der Waals surface area contributed by atoms with Gasteiger partial charge in [0.25, 0.3) is 0 Å². The van der Waals surface area contributed by atoms with Crippen molar-refractivity contribution in [2.45, 2.75) is 26.8 Å². The van der Waals surface area contributed by atoms with Gasteiger partial charge in [0.2, 0.25) is 8.07 Å². The van der Waals surface area contributed by atoms with Gasteiger partial charge in [0.15, 0.2) is 0 Å². The highest BCUT2D eigenvalue weighted by Crippen LogP contribution is 2.09. The lowest BCUT2D eigenvalue weighted by molar-refractivity contribution is -0.114. The molecule has 0 spiro atoms. The molecule has 0 N–H and O–H groups in total. The summed E-state index contributed by atoms with van der Waals surface area (Å²) in [6.45, 7) is 8.54. The summed E-state index contributed by atoms with van der Waals surface area (Å²) in [5.41, 5.74) is 1.15. The van der Waals surface area contributed by atoms with Crippen molar-refractivity contribution in [2.75, 3.05) is 0 Å². The fraction of sp³-hybridized carbons (Fsp3) is 0.286. The van der Waals surface area contributed by atoms with E-state index in [1.54, 1.807) is 0 Å². The van der Waals surface area contributed by atoms with E-state index in [0.29, 0.717) is 0 Å². The molecule has 0 atom stereocenters. The number of carbonyl (C=O) groups excluding carboxylic acids is 2. The van der Waals surface area contributed by atoms with E-state index < -0.39 is 8.07 Å². The first-order valence-electron chi connectivity index (χ1n) is 5.65. The van der Waals surface area contributed by atoms with Crippen LogP contribution >= 0.6 is 0 Å². The number of carbonyl (C=O) groups is 2. The topological polar surface area (TPSA) is 34.1 Å². The molecule has 0 bridgehead atoms.